The van der Waals surface area contributed by atoms with Crippen molar-refractivity contribution in [2.45, 2.75) is 20.5 Å². The molecular weight excluding hydrogens is 488 g/mol. The SMILES string of the molecule is Cc1ccc(COc2c(C=Nn3c(C)nc4ccc(Br)cc4c3=O)cccc2[N+](=O)[O-])cc1. The molecule has 0 N–H and O–H groups in total. The van der Waals surface area contributed by atoms with Gasteiger partial charge in [-0.3, -0.25) is 14.9 Å². The predicted octanol–water partition coefficient (Wildman–Crippen LogP) is 5.15. The third-order valence-electron chi connectivity index (χ3n) is 5.01. The quantitative estimate of drug-likeness (QED) is 0.204. The molecule has 166 valence electrons. The zero-order valence-electron chi connectivity index (χ0n) is 17.9. The number of fused-ring (bicyclic) bond motifs is 1. The van der Waals surface area contributed by atoms with Gasteiger partial charge in [-0.2, -0.15) is 9.78 Å². The van der Waals surface area contributed by atoms with E-state index >= 15 is 0 Å². The van der Waals surface area contributed by atoms with Gasteiger partial charge in [0.1, 0.15) is 12.4 Å². The maximum absolute atomic E-state index is 13.0. The molecule has 0 saturated carbocycles. The molecule has 33 heavy (non-hydrogen) atoms. The van der Waals surface area contributed by atoms with Crippen LogP contribution < -0.4 is 10.3 Å². The van der Waals surface area contributed by atoms with Crippen molar-refractivity contribution in [3.05, 3.63) is 108 Å². The molecule has 0 aliphatic heterocycles. The molecule has 0 fully saturated rings. The van der Waals surface area contributed by atoms with Crippen LogP contribution in [0.4, 0.5) is 5.69 Å². The molecule has 8 nitrogen and oxygen atoms in total. The smallest absolute Gasteiger partial charge is 0.311 e. The van der Waals surface area contributed by atoms with Crippen LogP contribution in [0.2, 0.25) is 0 Å². The molecule has 0 aliphatic rings. The van der Waals surface area contributed by atoms with E-state index in [1.807, 2.05) is 37.3 Å². The van der Waals surface area contributed by atoms with Gasteiger partial charge in [0.25, 0.3) is 5.56 Å². The highest BCUT2D eigenvalue weighted by molar-refractivity contribution is 9.10. The molecule has 0 aliphatic carbocycles. The zero-order valence-corrected chi connectivity index (χ0v) is 19.4. The van der Waals surface area contributed by atoms with E-state index < -0.39 is 4.92 Å². The summed E-state index contributed by atoms with van der Waals surface area (Å²) in [5.41, 5.74) is 2.38. The molecule has 0 spiro atoms. The normalized spacial score (nSPS) is 11.2. The van der Waals surface area contributed by atoms with Crippen LogP contribution in [0.5, 0.6) is 5.75 Å². The fraction of sp³-hybridized carbons (Fsp3) is 0.125. The lowest BCUT2D eigenvalue weighted by Crippen LogP contribution is -2.20. The number of benzene rings is 3. The molecule has 9 heteroatoms. The van der Waals surface area contributed by atoms with E-state index in [9.17, 15) is 14.9 Å². The summed E-state index contributed by atoms with van der Waals surface area (Å²) in [6.45, 7) is 3.80. The maximum Gasteiger partial charge on any atom is 0.311 e. The fourth-order valence-corrected chi connectivity index (χ4v) is 3.66. The minimum atomic E-state index is -0.506. The second kappa shape index (κ2) is 9.33. The van der Waals surface area contributed by atoms with Crippen molar-refractivity contribution in [2.75, 3.05) is 0 Å². The van der Waals surface area contributed by atoms with Crippen LogP contribution in [0.15, 0.2) is 75.0 Å². The van der Waals surface area contributed by atoms with Gasteiger partial charge in [-0.25, -0.2) is 4.98 Å². The van der Waals surface area contributed by atoms with E-state index in [1.54, 1.807) is 31.2 Å². The van der Waals surface area contributed by atoms with Crippen LogP contribution in [0.25, 0.3) is 10.9 Å². The third-order valence-corrected chi connectivity index (χ3v) is 5.50. The topological polar surface area (TPSA) is 99.6 Å². The second-order valence-corrected chi connectivity index (χ2v) is 8.32. The Morgan fingerprint density at radius 1 is 1.15 bits per heavy atom. The molecule has 1 aromatic heterocycles. The Hall–Kier alpha value is -3.85. The van der Waals surface area contributed by atoms with E-state index in [4.69, 9.17) is 4.74 Å². The Kier molecular flexibility index (Phi) is 6.32. The van der Waals surface area contributed by atoms with Crippen molar-refractivity contribution < 1.29 is 9.66 Å². The molecule has 1 heterocycles. The fourth-order valence-electron chi connectivity index (χ4n) is 3.30. The number of rotatable bonds is 6. The van der Waals surface area contributed by atoms with Gasteiger partial charge < -0.3 is 4.74 Å². The minimum absolute atomic E-state index is 0.0778. The number of nitro groups is 1. The van der Waals surface area contributed by atoms with Crippen LogP contribution in [-0.2, 0) is 6.61 Å². The molecule has 4 aromatic rings. The molecule has 0 radical (unpaired) electrons. The monoisotopic (exact) mass is 506 g/mol. The van der Waals surface area contributed by atoms with Crippen molar-refractivity contribution in [1.29, 1.82) is 0 Å². The highest BCUT2D eigenvalue weighted by Crippen LogP contribution is 2.31. The Labute approximate surface area is 197 Å². The maximum atomic E-state index is 13.0. The Morgan fingerprint density at radius 3 is 2.64 bits per heavy atom. The number of para-hydroxylation sites is 1. The van der Waals surface area contributed by atoms with Crippen LogP contribution >= 0.6 is 15.9 Å². The van der Waals surface area contributed by atoms with Crippen LogP contribution in [-0.4, -0.2) is 20.8 Å². The number of halogens is 1. The summed E-state index contributed by atoms with van der Waals surface area (Å²) in [6, 6.07) is 17.5. The van der Waals surface area contributed by atoms with Crippen molar-refractivity contribution in [2.24, 2.45) is 5.10 Å². The number of nitrogens with zero attached hydrogens (tertiary/aromatic N) is 4. The van der Waals surface area contributed by atoms with Gasteiger partial charge >= 0.3 is 5.69 Å². The summed E-state index contributed by atoms with van der Waals surface area (Å²) in [4.78, 5) is 28.5. The number of nitro benzene ring substituents is 1. The van der Waals surface area contributed by atoms with Gasteiger partial charge in [-0.15, -0.1) is 0 Å². The number of ether oxygens (including phenoxy) is 1. The summed E-state index contributed by atoms with van der Waals surface area (Å²) >= 11 is 3.36. The molecule has 0 saturated heterocycles. The first kappa shape index (κ1) is 22.3. The highest BCUT2D eigenvalue weighted by Gasteiger charge is 2.19. The second-order valence-electron chi connectivity index (χ2n) is 7.41. The van der Waals surface area contributed by atoms with E-state index in [1.165, 1.54) is 12.3 Å². The van der Waals surface area contributed by atoms with Gasteiger partial charge in [0.2, 0.25) is 5.75 Å². The average Bonchev–Trinajstić information content (AvgIpc) is 2.79. The molecule has 4 rings (SSSR count). The van der Waals surface area contributed by atoms with Gasteiger partial charge in [0.05, 0.1) is 22.0 Å². The number of hydrogen-bond donors (Lipinski definition) is 0. The van der Waals surface area contributed by atoms with Gasteiger partial charge in [0.15, 0.2) is 0 Å². The van der Waals surface area contributed by atoms with Crippen LogP contribution in [0, 0.1) is 24.0 Å². The summed E-state index contributed by atoms with van der Waals surface area (Å²) in [5.74, 6) is 0.465. The Balaban J connectivity index is 1.73. The summed E-state index contributed by atoms with van der Waals surface area (Å²) in [7, 11) is 0. The first-order valence-corrected chi connectivity index (χ1v) is 10.8. The van der Waals surface area contributed by atoms with Crippen molar-refractivity contribution in [1.82, 2.24) is 9.66 Å². The summed E-state index contributed by atoms with van der Waals surface area (Å²) in [6.07, 6.45) is 1.37. The van der Waals surface area contributed by atoms with E-state index in [0.29, 0.717) is 22.3 Å². The summed E-state index contributed by atoms with van der Waals surface area (Å²) in [5, 5.41) is 16.3. The van der Waals surface area contributed by atoms with Gasteiger partial charge in [-0.1, -0.05) is 51.8 Å². The van der Waals surface area contributed by atoms with Crippen LogP contribution in [0.3, 0.4) is 0 Å². The lowest BCUT2D eigenvalue weighted by molar-refractivity contribution is -0.385. The van der Waals surface area contributed by atoms with Gasteiger partial charge in [-0.05, 0) is 43.7 Å². The minimum Gasteiger partial charge on any atom is -0.481 e. The lowest BCUT2D eigenvalue weighted by atomic mass is 10.1. The number of hydrogen-bond acceptors (Lipinski definition) is 6. The first-order valence-electron chi connectivity index (χ1n) is 10.0. The summed E-state index contributed by atoms with van der Waals surface area (Å²) < 4.78 is 7.76. The molecular formula is C24H19BrN4O4. The third kappa shape index (κ3) is 4.83. The molecule has 0 unspecified atom stereocenters. The standard InChI is InChI=1S/C24H19BrN4O4/c1-15-6-8-17(9-7-15)14-33-23-18(4-3-5-22(23)29(31)32)13-26-28-16(2)27-21-11-10-19(25)12-20(21)24(28)30/h3-13H,14H2,1-2H3. The molecule has 0 bridgehead atoms. The average molecular weight is 507 g/mol. The first-order chi connectivity index (χ1) is 15.8. The molecule has 0 atom stereocenters. The van der Waals surface area contributed by atoms with Gasteiger partial charge in [0, 0.05) is 16.1 Å². The Morgan fingerprint density at radius 2 is 1.91 bits per heavy atom. The van der Waals surface area contributed by atoms with Crippen molar-refractivity contribution in [3.63, 3.8) is 0 Å². The predicted molar refractivity (Wildman–Crippen MR) is 130 cm³/mol. The van der Waals surface area contributed by atoms with Crippen molar-refractivity contribution in [3.8, 4) is 5.75 Å². The largest absolute Gasteiger partial charge is 0.481 e. The Bertz CT molecular complexity index is 1450. The zero-order chi connectivity index (χ0) is 23.5. The molecule has 3 aromatic carbocycles. The lowest BCUT2D eigenvalue weighted by Gasteiger charge is -2.10. The highest BCUT2D eigenvalue weighted by atomic mass is 79.9. The number of aryl methyl sites for hydroxylation is 2. The van der Waals surface area contributed by atoms with Crippen LogP contribution in [0.1, 0.15) is 22.5 Å². The van der Waals surface area contributed by atoms with Crippen molar-refractivity contribution >= 4 is 38.7 Å². The number of aromatic nitrogens is 2. The van der Waals surface area contributed by atoms with E-state index in [-0.39, 0.29) is 23.6 Å². The molecule has 0 amide bonds. The van der Waals surface area contributed by atoms with E-state index in [2.05, 4.69) is 26.0 Å². The van der Waals surface area contributed by atoms with E-state index in [0.717, 1.165) is 20.3 Å².